The molecule has 0 N–H and O–H groups in total. The van der Waals surface area contributed by atoms with E-state index >= 15 is 0 Å². The number of nitrogens with zero attached hydrogens (tertiary/aromatic N) is 2. The van der Waals surface area contributed by atoms with Gasteiger partial charge in [-0.25, -0.2) is 4.98 Å². The molecule has 0 aliphatic carbocycles. The lowest BCUT2D eigenvalue weighted by Gasteiger charge is -1.95. The second-order valence-corrected chi connectivity index (χ2v) is 3.37. The molecule has 14 heavy (non-hydrogen) atoms. The van der Waals surface area contributed by atoms with Crippen LogP contribution in [-0.2, 0) is 11.2 Å². The lowest BCUT2D eigenvalue weighted by Crippen LogP contribution is -1.93. The van der Waals surface area contributed by atoms with Crippen molar-refractivity contribution < 1.29 is 4.74 Å². The van der Waals surface area contributed by atoms with Crippen molar-refractivity contribution in [3.63, 3.8) is 0 Å². The predicted octanol–water partition coefficient (Wildman–Crippen LogP) is 1.83. The third kappa shape index (κ3) is 1.63. The van der Waals surface area contributed by atoms with Crippen LogP contribution in [0, 0.1) is 6.92 Å². The van der Waals surface area contributed by atoms with Crippen molar-refractivity contribution in [3.05, 3.63) is 35.8 Å². The van der Waals surface area contributed by atoms with Gasteiger partial charge in [0.05, 0.1) is 12.3 Å². The van der Waals surface area contributed by atoms with Gasteiger partial charge in [0, 0.05) is 25.4 Å². The van der Waals surface area contributed by atoms with Gasteiger partial charge >= 0.3 is 0 Å². The van der Waals surface area contributed by atoms with E-state index in [0.717, 1.165) is 24.4 Å². The average molecular weight is 190 g/mol. The van der Waals surface area contributed by atoms with Gasteiger partial charge in [-0.05, 0) is 19.1 Å². The van der Waals surface area contributed by atoms with Crippen molar-refractivity contribution in [2.45, 2.75) is 13.3 Å². The van der Waals surface area contributed by atoms with Crippen molar-refractivity contribution in [3.8, 4) is 0 Å². The van der Waals surface area contributed by atoms with Crippen LogP contribution in [0.4, 0.5) is 0 Å². The molecule has 0 aromatic carbocycles. The highest BCUT2D eigenvalue weighted by Gasteiger charge is 2.01. The van der Waals surface area contributed by atoms with Gasteiger partial charge in [0.25, 0.3) is 0 Å². The fourth-order valence-electron chi connectivity index (χ4n) is 1.53. The summed E-state index contributed by atoms with van der Waals surface area (Å²) in [6.07, 6.45) is 2.95. The minimum absolute atomic E-state index is 0.725. The minimum Gasteiger partial charge on any atom is -0.384 e. The number of pyridine rings is 1. The molecule has 3 nitrogen and oxygen atoms in total. The Labute approximate surface area is 83.3 Å². The third-order valence-corrected chi connectivity index (χ3v) is 2.31. The highest BCUT2D eigenvalue weighted by atomic mass is 16.5. The van der Waals surface area contributed by atoms with Crippen molar-refractivity contribution in [1.82, 2.24) is 9.38 Å². The molecule has 0 atom stereocenters. The molecule has 3 heteroatoms. The maximum absolute atomic E-state index is 5.02. The quantitative estimate of drug-likeness (QED) is 0.738. The molecule has 0 unspecified atom stereocenters. The minimum atomic E-state index is 0.725. The maximum Gasteiger partial charge on any atom is 0.137 e. The molecular formula is C11H14N2O. The summed E-state index contributed by atoms with van der Waals surface area (Å²) in [5.74, 6) is 0. The summed E-state index contributed by atoms with van der Waals surface area (Å²) in [6, 6.07) is 6.12. The number of ether oxygens (including phenoxy) is 1. The Balaban J connectivity index is 2.36. The van der Waals surface area contributed by atoms with Crippen molar-refractivity contribution in [2.24, 2.45) is 0 Å². The molecule has 0 amide bonds. The first-order chi connectivity index (χ1) is 6.81. The van der Waals surface area contributed by atoms with Gasteiger partial charge in [-0.15, -0.1) is 0 Å². The molecule has 0 aliphatic rings. The molecular weight excluding hydrogens is 176 g/mol. The van der Waals surface area contributed by atoms with Crippen LogP contribution in [0.3, 0.4) is 0 Å². The third-order valence-electron chi connectivity index (χ3n) is 2.31. The Morgan fingerprint density at radius 2 is 2.29 bits per heavy atom. The van der Waals surface area contributed by atoms with Crippen LogP contribution in [0.5, 0.6) is 0 Å². The molecule has 0 radical (unpaired) electrons. The second-order valence-electron chi connectivity index (χ2n) is 3.37. The van der Waals surface area contributed by atoms with Gasteiger partial charge in [0.2, 0.25) is 0 Å². The largest absolute Gasteiger partial charge is 0.384 e. The van der Waals surface area contributed by atoms with E-state index in [9.17, 15) is 0 Å². The number of aryl methyl sites for hydroxylation is 1. The van der Waals surface area contributed by atoms with Crippen LogP contribution >= 0.6 is 0 Å². The van der Waals surface area contributed by atoms with Crippen LogP contribution in [0.15, 0.2) is 24.4 Å². The molecule has 2 aromatic rings. The monoisotopic (exact) mass is 190 g/mol. The van der Waals surface area contributed by atoms with Crippen LogP contribution in [0.1, 0.15) is 11.4 Å². The first-order valence-electron chi connectivity index (χ1n) is 4.74. The van der Waals surface area contributed by atoms with E-state index in [-0.39, 0.29) is 0 Å². The van der Waals surface area contributed by atoms with Gasteiger partial charge in [0.1, 0.15) is 5.65 Å². The van der Waals surface area contributed by atoms with E-state index in [0.29, 0.717) is 0 Å². The molecule has 74 valence electrons. The van der Waals surface area contributed by atoms with Crippen molar-refractivity contribution >= 4 is 5.65 Å². The zero-order chi connectivity index (χ0) is 9.97. The van der Waals surface area contributed by atoms with E-state index in [1.165, 1.54) is 5.69 Å². The standard InChI is InChI=1S/C11H14N2O/c1-9-4-3-5-11-12-10(6-7-14-2)8-13(9)11/h3-5,8H,6-7H2,1-2H3. The number of hydrogen-bond donors (Lipinski definition) is 0. The normalized spacial score (nSPS) is 11.0. The molecule has 2 heterocycles. The molecule has 0 aliphatic heterocycles. The predicted molar refractivity (Wildman–Crippen MR) is 55.5 cm³/mol. The van der Waals surface area contributed by atoms with Crippen LogP contribution in [0.25, 0.3) is 5.65 Å². The Morgan fingerprint density at radius 1 is 1.43 bits per heavy atom. The number of rotatable bonds is 3. The molecule has 2 rings (SSSR count). The lowest BCUT2D eigenvalue weighted by atomic mass is 10.3. The van der Waals surface area contributed by atoms with E-state index in [4.69, 9.17) is 4.74 Å². The first-order valence-corrected chi connectivity index (χ1v) is 4.74. The zero-order valence-electron chi connectivity index (χ0n) is 8.53. The summed E-state index contributed by atoms with van der Waals surface area (Å²) in [5.41, 5.74) is 3.30. The van der Waals surface area contributed by atoms with Gasteiger partial charge in [0.15, 0.2) is 0 Å². The highest BCUT2D eigenvalue weighted by Crippen LogP contribution is 2.08. The molecule has 0 fully saturated rings. The number of fused-ring (bicyclic) bond motifs is 1. The van der Waals surface area contributed by atoms with Crippen LogP contribution in [-0.4, -0.2) is 23.1 Å². The summed E-state index contributed by atoms with van der Waals surface area (Å²) < 4.78 is 7.12. The fourth-order valence-corrected chi connectivity index (χ4v) is 1.53. The van der Waals surface area contributed by atoms with E-state index in [2.05, 4.69) is 28.6 Å². The van der Waals surface area contributed by atoms with Crippen LogP contribution < -0.4 is 0 Å². The summed E-state index contributed by atoms with van der Waals surface area (Å²) in [6.45, 7) is 2.80. The van der Waals surface area contributed by atoms with Crippen molar-refractivity contribution in [2.75, 3.05) is 13.7 Å². The van der Waals surface area contributed by atoms with Gasteiger partial charge in [-0.1, -0.05) is 6.07 Å². The summed E-state index contributed by atoms with van der Waals surface area (Å²) in [7, 11) is 1.71. The number of hydrogen-bond acceptors (Lipinski definition) is 2. The Hall–Kier alpha value is -1.35. The second kappa shape index (κ2) is 3.80. The number of methoxy groups -OCH3 is 1. The molecule has 0 saturated carbocycles. The van der Waals surface area contributed by atoms with E-state index < -0.39 is 0 Å². The summed E-state index contributed by atoms with van der Waals surface area (Å²) >= 11 is 0. The summed E-state index contributed by atoms with van der Waals surface area (Å²) in [4.78, 5) is 4.49. The Kier molecular flexibility index (Phi) is 2.50. The molecule has 0 saturated heterocycles. The average Bonchev–Trinajstić information content (AvgIpc) is 2.59. The van der Waals surface area contributed by atoms with E-state index in [1.54, 1.807) is 7.11 Å². The van der Waals surface area contributed by atoms with Crippen LogP contribution in [0.2, 0.25) is 0 Å². The molecule has 2 aromatic heterocycles. The molecule has 0 bridgehead atoms. The Bertz CT molecular complexity index is 434. The SMILES string of the molecule is COCCc1cn2c(C)cccc2n1. The van der Waals surface area contributed by atoms with Gasteiger partial charge in [-0.2, -0.15) is 0 Å². The van der Waals surface area contributed by atoms with E-state index in [1.807, 2.05) is 12.1 Å². The smallest absolute Gasteiger partial charge is 0.137 e. The summed E-state index contributed by atoms with van der Waals surface area (Å²) in [5, 5.41) is 0. The molecule has 0 spiro atoms. The van der Waals surface area contributed by atoms with Gasteiger partial charge in [-0.3, -0.25) is 0 Å². The van der Waals surface area contributed by atoms with Gasteiger partial charge < -0.3 is 9.14 Å². The maximum atomic E-state index is 5.02. The Morgan fingerprint density at radius 3 is 3.00 bits per heavy atom. The highest BCUT2D eigenvalue weighted by molar-refractivity contribution is 5.41. The number of aromatic nitrogens is 2. The topological polar surface area (TPSA) is 26.5 Å². The first kappa shape index (κ1) is 9.21. The zero-order valence-corrected chi connectivity index (χ0v) is 8.53. The lowest BCUT2D eigenvalue weighted by molar-refractivity contribution is 0.201. The fraction of sp³-hybridized carbons (Fsp3) is 0.364. The van der Waals surface area contributed by atoms with Crippen molar-refractivity contribution in [1.29, 1.82) is 0 Å². The number of imidazole rings is 1.